The van der Waals surface area contributed by atoms with Gasteiger partial charge in [-0.3, -0.25) is 9.59 Å². The van der Waals surface area contributed by atoms with Gasteiger partial charge < -0.3 is 15.7 Å². The van der Waals surface area contributed by atoms with Crippen LogP contribution in [0.25, 0.3) is 0 Å². The zero-order valence-electron chi connectivity index (χ0n) is 16.1. The molecule has 0 saturated heterocycles. The van der Waals surface area contributed by atoms with E-state index in [9.17, 15) is 19.5 Å². The standard InChI is InChI=1S/C22H26N2O4S/c25-20(12-11-16-7-3-1-4-8-16)23-19(15-17-9-5-2-6-10-17)21(26)24-18(13-14-29)22(27)28/h1-10,18-19,29H,11-15H2,(H,23,25)(H,24,26)(H,27,28)/t18-,19+/m1/s1. The number of thiol groups is 1. The number of carboxylic acids is 1. The van der Waals surface area contributed by atoms with Crippen molar-refractivity contribution in [2.24, 2.45) is 0 Å². The van der Waals surface area contributed by atoms with E-state index in [1.54, 1.807) is 0 Å². The molecule has 154 valence electrons. The van der Waals surface area contributed by atoms with Gasteiger partial charge in [0.25, 0.3) is 0 Å². The molecule has 0 saturated carbocycles. The van der Waals surface area contributed by atoms with Gasteiger partial charge in [-0.05, 0) is 29.7 Å². The Bertz CT molecular complexity index is 799. The van der Waals surface area contributed by atoms with E-state index in [0.717, 1.165) is 11.1 Å². The summed E-state index contributed by atoms with van der Waals surface area (Å²) in [6, 6.07) is 17.0. The van der Waals surface area contributed by atoms with E-state index >= 15 is 0 Å². The van der Waals surface area contributed by atoms with Crippen LogP contribution in [0.4, 0.5) is 0 Å². The lowest BCUT2D eigenvalue weighted by Crippen LogP contribution is -2.52. The van der Waals surface area contributed by atoms with E-state index in [2.05, 4.69) is 23.3 Å². The number of hydrogen-bond donors (Lipinski definition) is 4. The highest BCUT2D eigenvalue weighted by atomic mass is 32.1. The summed E-state index contributed by atoms with van der Waals surface area (Å²) in [5.74, 6) is -1.58. The molecule has 0 heterocycles. The fourth-order valence-corrected chi connectivity index (χ4v) is 3.15. The monoisotopic (exact) mass is 414 g/mol. The Morgan fingerprint density at radius 2 is 1.45 bits per heavy atom. The molecular weight excluding hydrogens is 388 g/mol. The number of carboxylic acid groups (broad SMARTS) is 1. The Balaban J connectivity index is 2.04. The maximum Gasteiger partial charge on any atom is 0.326 e. The van der Waals surface area contributed by atoms with Crippen LogP contribution in [-0.4, -0.2) is 40.7 Å². The largest absolute Gasteiger partial charge is 0.480 e. The van der Waals surface area contributed by atoms with Gasteiger partial charge in [0.1, 0.15) is 12.1 Å². The van der Waals surface area contributed by atoms with Gasteiger partial charge in [-0.25, -0.2) is 4.79 Å². The molecule has 0 radical (unpaired) electrons. The van der Waals surface area contributed by atoms with Crippen molar-refractivity contribution in [1.82, 2.24) is 10.6 Å². The fourth-order valence-electron chi connectivity index (χ4n) is 2.89. The molecule has 6 nitrogen and oxygen atoms in total. The van der Waals surface area contributed by atoms with E-state index in [4.69, 9.17) is 0 Å². The van der Waals surface area contributed by atoms with Crippen LogP contribution in [0.1, 0.15) is 24.0 Å². The summed E-state index contributed by atoms with van der Waals surface area (Å²) in [4.78, 5) is 36.5. The molecule has 2 atom stereocenters. The Morgan fingerprint density at radius 3 is 2.00 bits per heavy atom. The maximum absolute atomic E-state index is 12.7. The van der Waals surface area contributed by atoms with Crippen LogP contribution < -0.4 is 10.6 Å². The highest BCUT2D eigenvalue weighted by molar-refractivity contribution is 7.80. The van der Waals surface area contributed by atoms with Crippen LogP contribution >= 0.6 is 12.6 Å². The summed E-state index contributed by atoms with van der Waals surface area (Å²) in [7, 11) is 0. The van der Waals surface area contributed by atoms with Crippen LogP contribution in [0.3, 0.4) is 0 Å². The fraction of sp³-hybridized carbons (Fsp3) is 0.318. The number of rotatable bonds is 11. The number of carbonyl (C=O) groups is 3. The number of hydrogen-bond acceptors (Lipinski definition) is 4. The van der Waals surface area contributed by atoms with Gasteiger partial charge in [0, 0.05) is 12.8 Å². The summed E-state index contributed by atoms with van der Waals surface area (Å²) >= 11 is 4.04. The molecule has 2 aromatic rings. The van der Waals surface area contributed by atoms with Crippen molar-refractivity contribution in [2.45, 2.75) is 37.8 Å². The minimum absolute atomic E-state index is 0.199. The summed E-state index contributed by atoms with van der Waals surface area (Å²) < 4.78 is 0. The smallest absolute Gasteiger partial charge is 0.326 e. The van der Waals surface area contributed by atoms with Gasteiger partial charge in [-0.15, -0.1) is 0 Å². The Morgan fingerprint density at radius 1 is 0.862 bits per heavy atom. The highest BCUT2D eigenvalue weighted by Gasteiger charge is 2.26. The van der Waals surface area contributed by atoms with Crippen LogP contribution in [0, 0.1) is 0 Å². The average molecular weight is 415 g/mol. The second-order valence-corrected chi connectivity index (χ2v) is 7.15. The molecule has 0 aromatic heterocycles. The topological polar surface area (TPSA) is 95.5 Å². The number of aryl methyl sites for hydroxylation is 1. The van der Waals surface area contributed by atoms with Gasteiger partial charge in [0.05, 0.1) is 0 Å². The molecule has 0 aliphatic heterocycles. The molecule has 3 N–H and O–H groups in total. The van der Waals surface area contributed by atoms with Crippen LogP contribution in [0.5, 0.6) is 0 Å². The summed E-state index contributed by atoms with van der Waals surface area (Å²) in [5.41, 5.74) is 1.91. The average Bonchev–Trinajstić information content (AvgIpc) is 2.73. The minimum atomic E-state index is -1.12. The molecule has 29 heavy (non-hydrogen) atoms. The molecule has 0 spiro atoms. The first-order chi connectivity index (χ1) is 14.0. The molecule has 0 bridgehead atoms. The molecule has 2 aromatic carbocycles. The molecule has 0 unspecified atom stereocenters. The lowest BCUT2D eigenvalue weighted by atomic mass is 10.0. The number of benzene rings is 2. The lowest BCUT2D eigenvalue weighted by Gasteiger charge is -2.21. The Kier molecular flexibility index (Phi) is 9.24. The van der Waals surface area contributed by atoms with Crippen molar-refractivity contribution in [1.29, 1.82) is 0 Å². The third-order valence-corrected chi connectivity index (χ3v) is 4.71. The molecule has 0 aliphatic carbocycles. The van der Waals surface area contributed by atoms with Crippen molar-refractivity contribution in [3.05, 3.63) is 71.8 Å². The maximum atomic E-state index is 12.7. The highest BCUT2D eigenvalue weighted by Crippen LogP contribution is 2.07. The number of carbonyl (C=O) groups excluding carboxylic acids is 2. The molecular formula is C22H26N2O4S. The van der Waals surface area contributed by atoms with Gasteiger partial charge in [-0.1, -0.05) is 60.7 Å². The zero-order chi connectivity index (χ0) is 21.1. The Labute approximate surface area is 176 Å². The molecule has 2 rings (SSSR count). The van der Waals surface area contributed by atoms with Crippen molar-refractivity contribution in [3.8, 4) is 0 Å². The first-order valence-corrected chi connectivity index (χ1v) is 10.1. The van der Waals surface area contributed by atoms with Crippen molar-refractivity contribution in [2.75, 3.05) is 5.75 Å². The van der Waals surface area contributed by atoms with E-state index in [0.29, 0.717) is 12.2 Å². The zero-order valence-corrected chi connectivity index (χ0v) is 17.0. The van der Waals surface area contributed by atoms with Crippen molar-refractivity contribution < 1.29 is 19.5 Å². The molecule has 2 amide bonds. The van der Waals surface area contributed by atoms with E-state index in [-0.39, 0.29) is 25.2 Å². The van der Waals surface area contributed by atoms with Crippen molar-refractivity contribution >= 4 is 30.4 Å². The second-order valence-electron chi connectivity index (χ2n) is 6.71. The van der Waals surface area contributed by atoms with Gasteiger partial charge in [-0.2, -0.15) is 12.6 Å². The van der Waals surface area contributed by atoms with Crippen LogP contribution in [-0.2, 0) is 27.2 Å². The third-order valence-electron chi connectivity index (χ3n) is 4.45. The van der Waals surface area contributed by atoms with E-state index < -0.39 is 24.0 Å². The predicted octanol–water partition coefficient (Wildman–Crippen LogP) is 2.24. The van der Waals surface area contributed by atoms with E-state index in [1.807, 2.05) is 60.7 Å². The first kappa shape index (κ1) is 22.5. The first-order valence-electron chi connectivity index (χ1n) is 9.51. The molecule has 7 heteroatoms. The second kappa shape index (κ2) is 11.9. The van der Waals surface area contributed by atoms with E-state index in [1.165, 1.54) is 0 Å². The minimum Gasteiger partial charge on any atom is -0.480 e. The normalized spacial score (nSPS) is 12.6. The van der Waals surface area contributed by atoms with Gasteiger partial charge >= 0.3 is 5.97 Å². The number of nitrogens with one attached hydrogen (secondary N) is 2. The quantitative estimate of drug-likeness (QED) is 0.424. The van der Waals surface area contributed by atoms with Crippen molar-refractivity contribution in [3.63, 3.8) is 0 Å². The Hall–Kier alpha value is -2.80. The van der Waals surface area contributed by atoms with Crippen LogP contribution in [0.15, 0.2) is 60.7 Å². The SMILES string of the molecule is O=C(CCc1ccccc1)N[C@@H](Cc1ccccc1)C(=O)N[C@H](CCS)C(=O)O. The summed E-state index contributed by atoms with van der Waals surface area (Å²) in [6.45, 7) is 0. The van der Waals surface area contributed by atoms with Gasteiger partial charge in [0.2, 0.25) is 11.8 Å². The molecule has 0 aliphatic rings. The predicted molar refractivity (Wildman–Crippen MR) is 115 cm³/mol. The summed E-state index contributed by atoms with van der Waals surface area (Å²) in [6.07, 6.45) is 1.27. The number of aliphatic carboxylic acids is 1. The summed E-state index contributed by atoms with van der Waals surface area (Å²) in [5, 5.41) is 14.6. The van der Waals surface area contributed by atoms with Crippen LogP contribution in [0.2, 0.25) is 0 Å². The number of amides is 2. The molecule has 0 fully saturated rings. The third kappa shape index (κ3) is 7.99. The lowest BCUT2D eigenvalue weighted by molar-refractivity contribution is -0.142. The van der Waals surface area contributed by atoms with Gasteiger partial charge in [0.15, 0.2) is 0 Å².